The van der Waals surface area contributed by atoms with Crippen LogP contribution in [0.1, 0.15) is 17.3 Å². The summed E-state index contributed by atoms with van der Waals surface area (Å²) in [5, 5.41) is 0. The Morgan fingerprint density at radius 1 is 1.53 bits per heavy atom. The van der Waals surface area contributed by atoms with Gasteiger partial charge in [-0.3, -0.25) is 4.98 Å². The van der Waals surface area contributed by atoms with Gasteiger partial charge in [-0.25, -0.2) is 4.79 Å². The van der Waals surface area contributed by atoms with Gasteiger partial charge in [-0.15, -0.1) is 0 Å². The molecule has 0 aliphatic rings. The van der Waals surface area contributed by atoms with Gasteiger partial charge in [-0.2, -0.15) is 0 Å². The standard InChI is InChI=1S/C12H13N3O2/c1-2-17-12(16)8-7-10(15-11(8)13)9-5-3-4-6-14-9/h3-7,15H,2,13H2,1H3. The lowest BCUT2D eigenvalue weighted by Gasteiger charge is -1.98. The van der Waals surface area contributed by atoms with E-state index in [0.717, 1.165) is 5.69 Å². The number of rotatable bonds is 3. The third kappa shape index (κ3) is 2.28. The maximum Gasteiger partial charge on any atom is 0.341 e. The number of hydrogen-bond donors (Lipinski definition) is 2. The number of nitrogens with zero attached hydrogens (tertiary/aromatic N) is 1. The summed E-state index contributed by atoms with van der Waals surface area (Å²) < 4.78 is 4.90. The van der Waals surface area contributed by atoms with Crippen LogP contribution in [0.4, 0.5) is 5.82 Å². The quantitative estimate of drug-likeness (QED) is 0.790. The molecule has 2 rings (SSSR count). The Morgan fingerprint density at radius 2 is 2.35 bits per heavy atom. The highest BCUT2D eigenvalue weighted by Crippen LogP contribution is 2.22. The zero-order valence-electron chi connectivity index (χ0n) is 9.43. The van der Waals surface area contributed by atoms with E-state index >= 15 is 0 Å². The Kier molecular flexibility index (Phi) is 3.09. The average Bonchev–Trinajstić information content (AvgIpc) is 2.73. The number of nitrogen functional groups attached to an aromatic ring is 1. The molecule has 0 aliphatic heterocycles. The second kappa shape index (κ2) is 4.69. The highest BCUT2D eigenvalue weighted by molar-refractivity contribution is 5.96. The Labute approximate surface area is 98.6 Å². The molecule has 5 nitrogen and oxygen atoms in total. The summed E-state index contributed by atoms with van der Waals surface area (Å²) in [6.45, 7) is 2.07. The van der Waals surface area contributed by atoms with Crippen LogP contribution in [0, 0.1) is 0 Å². The number of nitrogens with two attached hydrogens (primary N) is 1. The van der Waals surface area contributed by atoms with Crippen molar-refractivity contribution in [3.63, 3.8) is 0 Å². The molecule has 0 saturated carbocycles. The molecule has 0 radical (unpaired) electrons. The van der Waals surface area contributed by atoms with Crippen LogP contribution in [-0.4, -0.2) is 22.5 Å². The van der Waals surface area contributed by atoms with Crippen LogP contribution >= 0.6 is 0 Å². The van der Waals surface area contributed by atoms with Gasteiger partial charge in [0.2, 0.25) is 0 Å². The van der Waals surface area contributed by atoms with Gasteiger partial charge in [0.15, 0.2) is 0 Å². The van der Waals surface area contributed by atoms with E-state index in [-0.39, 0.29) is 0 Å². The van der Waals surface area contributed by atoms with Crippen LogP contribution in [0.25, 0.3) is 11.4 Å². The van der Waals surface area contributed by atoms with Crippen LogP contribution in [-0.2, 0) is 4.74 Å². The predicted molar refractivity (Wildman–Crippen MR) is 64.4 cm³/mol. The molecule has 88 valence electrons. The zero-order chi connectivity index (χ0) is 12.3. The maximum atomic E-state index is 11.6. The van der Waals surface area contributed by atoms with E-state index in [1.54, 1.807) is 19.2 Å². The number of nitrogens with one attached hydrogen (secondary N) is 1. The molecule has 5 heteroatoms. The van der Waals surface area contributed by atoms with Crippen LogP contribution in [0.15, 0.2) is 30.5 Å². The molecule has 2 heterocycles. The molecule has 3 N–H and O–H groups in total. The van der Waals surface area contributed by atoms with E-state index in [1.165, 1.54) is 0 Å². The summed E-state index contributed by atoms with van der Waals surface area (Å²) in [4.78, 5) is 18.7. The number of pyridine rings is 1. The van der Waals surface area contributed by atoms with Gasteiger partial charge in [0.1, 0.15) is 11.4 Å². The lowest BCUT2D eigenvalue weighted by molar-refractivity contribution is 0.0528. The van der Waals surface area contributed by atoms with E-state index in [2.05, 4.69) is 9.97 Å². The third-order valence-corrected chi connectivity index (χ3v) is 2.28. The lowest BCUT2D eigenvalue weighted by Crippen LogP contribution is -2.05. The maximum absolute atomic E-state index is 11.6. The first-order chi connectivity index (χ1) is 8.22. The molecule has 0 aromatic carbocycles. The largest absolute Gasteiger partial charge is 0.462 e. The number of ether oxygens (including phenoxy) is 1. The van der Waals surface area contributed by atoms with Crippen LogP contribution in [0.3, 0.4) is 0 Å². The minimum absolute atomic E-state index is 0.295. The topological polar surface area (TPSA) is 81.0 Å². The number of carbonyl (C=O) groups excluding carboxylic acids is 1. The molecule has 0 spiro atoms. The normalized spacial score (nSPS) is 10.2. The number of hydrogen-bond acceptors (Lipinski definition) is 4. The minimum Gasteiger partial charge on any atom is -0.462 e. The van der Waals surface area contributed by atoms with Crippen molar-refractivity contribution in [1.29, 1.82) is 0 Å². The van der Waals surface area contributed by atoms with E-state index in [0.29, 0.717) is 23.7 Å². The smallest absolute Gasteiger partial charge is 0.341 e. The molecule has 2 aromatic heterocycles. The molecule has 0 fully saturated rings. The monoisotopic (exact) mass is 231 g/mol. The fraction of sp³-hybridized carbons (Fsp3) is 0.167. The van der Waals surface area contributed by atoms with Crippen molar-refractivity contribution >= 4 is 11.8 Å². The number of H-pyrrole nitrogens is 1. The van der Waals surface area contributed by atoms with Gasteiger partial charge in [-0.1, -0.05) is 6.07 Å². The highest BCUT2D eigenvalue weighted by Gasteiger charge is 2.15. The lowest BCUT2D eigenvalue weighted by atomic mass is 10.2. The molecule has 2 aromatic rings. The van der Waals surface area contributed by atoms with Crippen molar-refractivity contribution in [1.82, 2.24) is 9.97 Å². The first-order valence-corrected chi connectivity index (χ1v) is 5.29. The Hall–Kier alpha value is -2.30. The van der Waals surface area contributed by atoms with Crippen LogP contribution in [0.2, 0.25) is 0 Å². The van der Waals surface area contributed by atoms with E-state index < -0.39 is 5.97 Å². The highest BCUT2D eigenvalue weighted by atomic mass is 16.5. The van der Waals surface area contributed by atoms with Gasteiger partial charge in [0.05, 0.1) is 18.0 Å². The fourth-order valence-electron chi connectivity index (χ4n) is 1.51. The molecular weight excluding hydrogens is 218 g/mol. The second-order valence-electron chi connectivity index (χ2n) is 3.45. The van der Waals surface area contributed by atoms with Crippen molar-refractivity contribution < 1.29 is 9.53 Å². The van der Waals surface area contributed by atoms with Crippen LogP contribution in [0.5, 0.6) is 0 Å². The molecule has 17 heavy (non-hydrogen) atoms. The fourth-order valence-corrected chi connectivity index (χ4v) is 1.51. The van der Waals surface area contributed by atoms with Gasteiger partial charge in [0, 0.05) is 6.20 Å². The minimum atomic E-state index is -0.427. The average molecular weight is 231 g/mol. The molecule has 0 unspecified atom stereocenters. The molecular formula is C12H13N3O2. The summed E-state index contributed by atoms with van der Waals surface area (Å²) in [6, 6.07) is 7.17. The van der Waals surface area contributed by atoms with Gasteiger partial charge in [-0.05, 0) is 25.1 Å². The van der Waals surface area contributed by atoms with E-state index in [1.807, 2.05) is 18.2 Å². The molecule has 0 amide bonds. The van der Waals surface area contributed by atoms with Crippen molar-refractivity contribution in [3.05, 3.63) is 36.0 Å². The summed E-state index contributed by atoms with van der Waals surface area (Å²) in [6.07, 6.45) is 1.68. The van der Waals surface area contributed by atoms with Gasteiger partial charge in [0.25, 0.3) is 0 Å². The Morgan fingerprint density at radius 3 is 3.00 bits per heavy atom. The summed E-state index contributed by atoms with van der Waals surface area (Å²) in [7, 11) is 0. The molecule has 0 saturated heterocycles. The first-order valence-electron chi connectivity index (χ1n) is 5.29. The summed E-state index contributed by atoms with van der Waals surface area (Å²) in [5.74, 6) is -0.132. The number of anilines is 1. The number of esters is 1. The third-order valence-electron chi connectivity index (χ3n) is 2.28. The molecule has 0 atom stereocenters. The molecule has 0 aliphatic carbocycles. The van der Waals surface area contributed by atoms with E-state index in [9.17, 15) is 4.79 Å². The zero-order valence-corrected chi connectivity index (χ0v) is 9.43. The van der Waals surface area contributed by atoms with Crippen molar-refractivity contribution in [3.8, 4) is 11.4 Å². The van der Waals surface area contributed by atoms with E-state index in [4.69, 9.17) is 10.5 Å². The number of aromatic amines is 1. The SMILES string of the molecule is CCOC(=O)c1cc(-c2ccccn2)[nH]c1N. The van der Waals surface area contributed by atoms with Gasteiger partial charge < -0.3 is 15.5 Å². The molecule has 0 bridgehead atoms. The Bertz CT molecular complexity index is 520. The van der Waals surface area contributed by atoms with Crippen molar-refractivity contribution in [2.45, 2.75) is 6.92 Å². The summed E-state index contributed by atoms with van der Waals surface area (Å²) >= 11 is 0. The first kappa shape index (κ1) is 11.2. The number of carbonyl (C=O) groups is 1. The summed E-state index contributed by atoms with van der Waals surface area (Å²) in [5.41, 5.74) is 7.50. The number of aromatic nitrogens is 2. The predicted octanol–water partition coefficient (Wildman–Crippen LogP) is 1.84. The van der Waals surface area contributed by atoms with Gasteiger partial charge >= 0.3 is 5.97 Å². The Balaban J connectivity index is 2.34. The second-order valence-corrected chi connectivity index (χ2v) is 3.45. The van der Waals surface area contributed by atoms with Crippen LogP contribution < -0.4 is 5.73 Å². The van der Waals surface area contributed by atoms with Crippen molar-refractivity contribution in [2.24, 2.45) is 0 Å². The van der Waals surface area contributed by atoms with Crippen molar-refractivity contribution in [2.75, 3.05) is 12.3 Å².